The third-order valence-corrected chi connectivity index (χ3v) is 6.56. The topological polar surface area (TPSA) is 132 Å². The van der Waals surface area contributed by atoms with Crippen molar-refractivity contribution >= 4 is 0 Å². The fraction of sp³-hybridized carbons (Fsp3) is 0.500. The van der Waals surface area contributed by atoms with Crippen molar-refractivity contribution in [2.24, 2.45) is 0 Å². The van der Waals surface area contributed by atoms with Crippen LogP contribution >= 0.6 is 0 Å². The first kappa shape index (κ1) is 24.6. The first-order valence-electron chi connectivity index (χ1n) is 11.6. The van der Waals surface area contributed by atoms with Crippen LogP contribution in [0, 0.1) is 11.3 Å². The zero-order valence-corrected chi connectivity index (χ0v) is 19.1. The Bertz CT molecular complexity index is 1010. The van der Waals surface area contributed by atoms with Gasteiger partial charge in [0.25, 0.3) is 0 Å². The predicted octanol–water partition coefficient (Wildman–Crippen LogP) is 1.39. The molecule has 2 heterocycles. The molecule has 2 aromatic carbocycles. The van der Waals surface area contributed by atoms with Crippen LogP contribution in [0.1, 0.15) is 47.3 Å². The predicted molar refractivity (Wildman–Crippen MR) is 122 cm³/mol. The molecule has 0 radical (unpaired) electrons. The Hall–Kier alpha value is -2.51. The van der Waals surface area contributed by atoms with Crippen molar-refractivity contribution in [1.82, 2.24) is 0 Å². The van der Waals surface area contributed by atoms with Crippen LogP contribution in [-0.2, 0) is 22.3 Å². The molecule has 34 heavy (non-hydrogen) atoms. The maximum absolute atomic E-state index is 10.8. The Balaban J connectivity index is 1.74. The molecule has 2 saturated heterocycles. The van der Waals surface area contributed by atoms with Crippen LogP contribution in [0.15, 0.2) is 36.4 Å². The molecule has 0 amide bonds. The number of aliphatic hydroxyl groups is 4. The summed E-state index contributed by atoms with van der Waals surface area (Å²) in [4.78, 5) is 0. The minimum absolute atomic E-state index is 0.220. The van der Waals surface area contributed by atoms with Crippen molar-refractivity contribution in [2.75, 3.05) is 19.8 Å². The van der Waals surface area contributed by atoms with E-state index in [9.17, 15) is 25.7 Å². The van der Waals surface area contributed by atoms with Gasteiger partial charge in [0, 0.05) is 12.0 Å². The standard InChI is InChI=1S/C26H31NO7/c1-2-15-3-5-16(6-4-15)9-17-10-20(26-25(31)24(30)23(29)22(13-28)34-26)21(11-18(17)12-27)33-19-7-8-32-14-19/h3-6,10-11,19,22-26,28-31H,2,7-9,13-14H2,1H3/t19-,22?,23-,24+,25-,26+/m1/s1. The van der Waals surface area contributed by atoms with Gasteiger partial charge in [0.2, 0.25) is 0 Å². The van der Waals surface area contributed by atoms with E-state index in [1.807, 2.05) is 12.1 Å². The van der Waals surface area contributed by atoms with E-state index in [4.69, 9.17) is 14.2 Å². The van der Waals surface area contributed by atoms with Crippen LogP contribution in [0.25, 0.3) is 0 Å². The minimum atomic E-state index is -1.51. The molecule has 2 aliphatic rings. The minimum Gasteiger partial charge on any atom is -0.487 e. The number of nitrogens with zero attached hydrogens (tertiary/aromatic N) is 1. The first-order valence-corrected chi connectivity index (χ1v) is 11.6. The number of aliphatic hydroxyl groups excluding tert-OH is 4. The van der Waals surface area contributed by atoms with Gasteiger partial charge < -0.3 is 34.6 Å². The second-order valence-corrected chi connectivity index (χ2v) is 8.86. The lowest BCUT2D eigenvalue weighted by Gasteiger charge is -2.40. The zero-order valence-electron chi connectivity index (χ0n) is 19.1. The summed E-state index contributed by atoms with van der Waals surface area (Å²) >= 11 is 0. The molecule has 2 fully saturated rings. The lowest BCUT2D eigenvalue weighted by atomic mass is 9.88. The Labute approximate surface area is 198 Å². The van der Waals surface area contributed by atoms with Crippen LogP contribution in [0.2, 0.25) is 0 Å². The van der Waals surface area contributed by atoms with E-state index in [0.717, 1.165) is 12.0 Å². The highest BCUT2D eigenvalue weighted by atomic mass is 16.6. The molecule has 6 atom stereocenters. The molecule has 182 valence electrons. The normalized spacial score (nSPS) is 29.1. The van der Waals surface area contributed by atoms with E-state index in [1.165, 1.54) is 5.56 Å². The van der Waals surface area contributed by atoms with Crippen molar-refractivity contribution in [1.29, 1.82) is 5.26 Å². The summed E-state index contributed by atoms with van der Waals surface area (Å²) in [5, 5.41) is 50.8. The van der Waals surface area contributed by atoms with Crippen LogP contribution < -0.4 is 4.74 Å². The smallest absolute Gasteiger partial charge is 0.127 e. The van der Waals surface area contributed by atoms with E-state index in [1.54, 1.807) is 12.1 Å². The van der Waals surface area contributed by atoms with Crippen molar-refractivity contribution in [3.8, 4) is 11.8 Å². The molecule has 0 bridgehead atoms. The van der Waals surface area contributed by atoms with Gasteiger partial charge in [-0.3, -0.25) is 0 Å². The lowest BCUT2D eigenvalue weighted by Crippen LogP contribution is -2.55. The van der Waals surface area contributed by atoms with Crippen molar-refractivity contribution in [2.45, 2.75) is 62.8 Å². The van der Waals surface area contributed by atoms with Gasteiger partial charge in [-0.05, 0) is 41.7 Å². The van der Waals surface area contributed by atoms with Gasteiger partial charge in [0.1, 0.15) is 42.4 Å². The average Bonchev–Trinajstić information content (AvgIpc) is 3.37. The summed E-state index contributed by atoms with van der Waals surface area (Å²) in [5.74, 6) is 0.349. The molecule has 8 nitrogen and oxygen atoms in total. The second-order valence-electron chi connectivity index (χ2n) is 8.86. The van der Waals surface area contributed by atoms with Crippen molar-refractivity contribution in [3.63, 3.8) is 0 Å². The fourth-order valence-electron chi connectivity index (χ4n) is 4.48. The Kier molecular flexibility index (Phi) is 7.84. The summed E-state index contributed by atoms with van der Waals surface area (Å²) in [5.41, 5.74) is 3.83. The lowest BCUT2D eigenvalue weighted by molar-refractivity contribution is -0.232. The highest BCUT2D eigenvalue weighted by Crippen LogP contribution is 2.39. The van der Waals surface area contributed by atoms with E-state index in [2.05, 4.69) is 25.1 Å². The third kappa shape index (κ3) is 5.10. The van der Waals surface area contributed by atoms with Gasteiger partial charge in [-0.15, -0.1) is 0 Å². The molecular formula is C26H31NO7. The Morgan fingerprint density at radius 3 is 2.41 bits per heavy atom. The SMILES string of the molecule is CCc1ccc(Cc2cc([C@@H]3OC(CO)[C@@H](O)[C@H](O)[C@H]3O)c(O[C@@H]3CCOC3)cc2C#N)cc1. The third-order valence-electron chi connectivity index (χ3n) is 6.56. The number of ether oxygens (including phenoxy) is 3. The van der Waals surface area contributed by atoms with Crippen LogP contribution in [-0.4, -0.2) is 70.8 Å². The van der Waals surface area contributed by atoms with Gasteiger partial charge in [-0.1, -0.05) is 31.2 Å². The molecular weight excluding hydrogens is 438 g/mol. The molecule has 1 unspecified atom stereocenters. The summed E-state index contributed by atoms with van der Waals surface area (Å²) in [7, 11) is 0. The fourth-order valence-corrected chi connectivity index (χ4v) is 4.48. The molecule has 8 heteroatoms. The van der Waals surface area contributed by atoms with Gasteiger partial charge >= 0.3 is 0 Å². The van der Waals surface area contributed by atoms with E-state index >= 15 is 0 Å². The largest absolute Gasteiger partial charge is 0.487 e. The number of rotatable bonds is 7. The molecule has 4 rings (SSSR count). The van der Waals surface area contributed by atoms with Crippen molar-refractivity contribution in [3.05, 3.63) is 64.2 Å². The Morgan fingerprint density at radius 2 is 1.79 bits per heavy atom. The highest BCUT2D eigenvalue weighted by Gasteiger charge is 2.45. The maximum atomic E-state index is 10.8. The average molecular weight is 470 g/mol. The molecule has 0 aliphatic carbocycles. The number of aryl methyl sites for hydroxylation is 1. The van der Waals surface area contributed by atoms with Crippen molar-refractivity contribution < 1.29 is 34.6 Å². The summed E-state index contributed by atoms with van der Waals surface area (Å²) < 4.78 is 17.4. The monoisotopic (exact) mass is 469 g/mol. The zero-order chi connectivity index (χ0) is 24.2. The summed E-state index contributed by atoms with van der Waals surface area (Å²) in [6.45, 7) is 2.53. The molecule has 0 aromatic heterocycles. The van der Waals surface area contributed by atoms with Gasteiger partial charge in [-0.2, -0.15) is 5.26 Å². The van der Waals surface area contributed by atoms with E-state index in [-0.39, 0.29) is 6.10 Å². The first-order chi connectivity index (χ1) is 16.4. The molecule has 2 aromatic rings. The molecule has 0 saturated carbocycles. The highest BCUT2D eigenvalue weighted by molar-refractivity contribution is 5.51. The maximum Gasteiger partial charge on any atom is 0.127 e. The van der Waals surface area contributed by atoms with Gasteiger partial charge in [-0.25, -0.2) is 0 Å². The Morgan fingerprint density at radius 1 is 1.06 bits per heavy atom. The van der Waals surface area contributed by atoms with E-state index in [0.29, 0.717) is 48.5 Å². The second kappa shape index (κ2) is 10.8. The number of benzene rings is 2. The molecule has 0 spiro atoms. The molecule has 2 aliphatic heterocycles. The van der Waals surface area contributed by atoms with Crippen LogP contribution in [0.4, 0.5) is 0 Å². The summed E-state index contributed by atoms with van der Waals surface area (Å²) in [6, 6.07) is 13.8. The molecule has 4 N–H and O–H groups in total. The summed E-state index contributed by atoms with van der Waals surface area (Å²) in [6.07, 6.45) is -4.67. The number of hydrogen-bond acceptors (Lipinski definition) is 8. The van der Waals surface area contributed by atoms with E-state index < -0.39 is 37.1 Å². The number of hydrogen-bond donors (Lipinski definition) is 4. The van der Waals surface area contributed by atoms with Crippen LogP contribution in [0.5, 0.6) is 5.75 Å². The quantitative estimate of drug-likeness (QED) is 0.478. The van der Waals surface area contributed by atoms with Gasteiger partial charge in [0.05, 0.1) is 31.5 Å². The number of nitriles is 1. The van der Waals surface area contributed by atoms with Crippen LogP contribution in [0.3, 0.4) is 0 Å². The van der Waals surface area contributed by atoms with Gasteiger partial charge in [0.15, 0.2) is 0 Å².